The Hall–Kier alpha value is -1.35. The molecule has 0 aromatic heterocycles. The third-order valence-electron chi connectivity index (χ3n) is 4.52. The number of rotatable bonds is 2. The summed E-state index contributed by atoms with van der Waals surface area (Å²) in [5.74, 6) is -0.180. The Bertz CT molecular complexity index is 472. The van der Waals surface area contributed by atoms with Crippen molar-refractivity contribution in [2.24, 2.45) is 5.92 Å². The molecule has 0 bridgehead atoms. The van der Waals surface area contributed by atoms with Gasteiger partial charge in [-0.3, -0.25) is 4.79 Å². The van der Waals surface area contributed by atoms with Crippen molar-refractivity contribution in [2.45, 2.75) is 50.7 Å². The zero-order chi connectivity index (χ0) is 13.5. The van der Waals surface area contributed by atoms with E-state index in [-0.39, 0.29) is 17.4 Å². The van der Waals surface area contributed by atoms with E-state index in [1.54, 1.807) is 0 Å². The third-order valence-corrected chi connectivity index (χ3v) is 4.52. The standard InChI is InChI=1S/C16H21NO2/c1-16(9-11-5-2-3-6-12(11)10-16)17-15(19)13-7-4-8-14(13)18/h2-3,5-6,13-14,18H,4,7-10H2,1H3,(H,17,19). The maximum absolute atomic E-state index is 12.3. The highest BCUT2D eigenvalue weighted by Gasteiger charge is 2.38. The molecule has 3 nitrogen and oxygen atoms in total. The Labute approximate surface area is 114 Å². The predicted molar refractivity (Wildman–Crippen MR) is 73.7 cm³/mol. The fraction of sp³-hybridized carbons (Fsp3) is 0.562. The zero-order valence-corrected chi connectivity index (χ0v) is 11.4. The second-order valence-corrected chi connectivity index (χ2v) is 6.28. The van der Waals surface area contributed by atoms with Gasteiger partial charge in [0.1, 0.15) is 0 Å². The van der Waals surface area contributed by atoms with Gasteiger partial charge in [-0.25, -0.2) is 0 Å². The van der Waals surface area contributed by atoms with Gasteiger partial charge in [-0.1, -0.05) is 24.3 Å². The number of nitrogens with one attached hydrogen (secondary N) is 1. The first-order chi connectivity index (χ1) is 9.07. The Morgan fingerprint density at radius 3 is 2.42 bits per heavy atom. The van der Waals surface area contributed by atoms with Crippen molar-refractivity contribution in [3.8, 4) is 0 Å². The maximum Gasteiger partial charge on any atom is 0.226 e. The summed E-state index contributed by atoms with van der Waals surface area (Å²) in [7, 11) is 0. The molecule has 1 aromatic carbocycles. The predicted octanol–water partition coefficient (Wildman–Crippen LogP) is 1.82. The van der Waals surface area contributed by atoms with Crippen molar-refractivity contribution in [3.05, 3.63) is 35.4 Å². The molecule has 1 saturated carbocycles. The molecule has 0 aliphatic heterocycles. The van der Waals surface area contributed by atoms with Gasteiger partial charge < -0.3 is 10.4 Å². The molecule has 2 N–H and O–H groups in total. The van der Waals surface area contributed by atoms with Crippen LogP contribution in [0.15, 0.2) is 24.3 Å². The molecule has 1 fully saturated rings. The van der Waals surface area contributed by atoms with Crippen molar-refractivity contribution >= 4 is 5.91 Å². The molecule has 2 unspecified atom stereocenters. The van der Waals surface area contributed by atoms with Gasteiger partial charge in [0.25, 0.3) is 0 Å². The Morgan fingerprint density at radius 2 is 1.89 bits per heavy atom. The van der Waals surface area contributed by atoms with Crippen LogP contribution >= 0.6 is 0 Å². The first-order valence-electron chi connectivity index (χ1n) is 7.14. The highest BCUT2D eigenvalue weighted by molar-refractivity contribution is 5.80. The second-order valence-electron chi connectivity index (χ2n) is 6.28. The molecule has 0 radical (unpaired) electrons. The summed E-state index contributed by atoms with van der Waals surface area (Å²) in [6.45, 7) is 2.10. The number of carbonyl (C=O) groups is 1. The van der Waals surface area contributed by atoms with Crippen LogP contribution in [-0.4, -0.2) is 22.7 Å². The molecular formula is C16H21NO2. The van der Waals surface area contributed by atoms with Crippen LogP contribution in [0.2, 0.25) is 0 Å². The van der Waals surface area contributed by atoms with Gasteiger partial charge in [-0.05, 0) is 50.2 Å². The number of hydrogen-bond acceptors (Lipinski definition) is 2. The second kappa shape index (κ2) is 4.64. The third kappa shape index (κ3) is 2.39. The summed E-state index contributed by atoms with van der Waals surface area (Å²) in [6.07, 6.45) is 3.85. The quantitative estimate of drug-likeness (QED) is 0.851. The van der Waals surface area contributed by atoms with Crippen molar-refractivity contribution in [1.29, 1.82) is 0 Å². The lowest BCUT2D eigenvalue weighted by atomic mass is 9.96. The van der Waals surface area contributed by atoms with Crippen molar-refractivity contribution < 1.29 is 9.90 Å². The van der Waals surface area contributed by atoms with Gasteiger partial charge in [0.2, 0.25) is 5.91 Å². The van der Waals surface area contributed by atoms with E-state index >= 15 is 0 Å². The van der Waals surface area contributed by atoms with Crippen LogP contribution in [0, 0.1) is 5.92 Å². The summed E-state index contributed by atoms with van der Waals surface area (Å²) < 4.78 is 0. The largest absolute Gasteiger partial charge is 0.392 e. The van der Waals surface area contributed by atoms with Gasteiger partial charge in [0, 0.05) is 5.54 Å². The number of amides is 1. The van der Waals surface area contributed by atoms with Crippen molar-refractivity contribution in [1.82, 2.24) is 5.32 Å². The van der Waals surface area contributed by atoms with Crippen LogP contribution in [0.4, 0.5) is 0 Å². The number of carbonyl (C=O) groups excluding carboxylic acids is 1. The van der Waals surface area contributed by atoms with Gasteiger partial charge in [-0.2, -0.15) is 0 Å². The van der Waals surface area contributed by atoms with E-state index in [4.69, 9.17) is 0 Å². The summed E-state index contributed by atoms with van der Waals surface area (Å²) in [5, 5.41) is 13.0. The summed E-state index contributed by atoms with van der Waals surface area (Å²) >= 11 is 0. The summed E-state index contributed by atoms with van der Waals surface area (Å²) in [5.41, 5.74) is 2.47. The molecule has 1 aromatic rings. The monoisotopic (exact) mass is 259 g/mol. The van der Waals surface area contributed by atoms with Crippen molar-refractivity contribution in [2.75, 3.05) is 0 Å². The van der Waals surface area contributed by atoms with Crippen molar-refractivity contribution in [3.63, 3.8) is 0 Å². The SMILES string of the molecule is CC1(NC(=O)C2CCCC2O)Cc2ccccc2C1. The van der Waals surface area contributed by atoms with Gasteiger partial charge in [-0.15, -0.1) is 0 Å². The Morgan fingerprint density at radius 1 is 1.26 bits per heavy atom. The molecule has 3 heteroatoms. The molecule has 2 aliphatic carbocycles. The molecule has 1 amide bonds. The van der Waals surface area contributed by atoms with Gasteiger partial charge in [0.05, 0.1) is 12.0 Å². The topological polar surface area (TPSA) is 49.3 Å². The average Bonchev–Trinajstić information content (AvgIpc) is 2.91. The van der Waals surface area contributed by atoms with Crippen LogP contribution in [0.5, 0.6) is 0 Å². The molecular weight excluding hydrogens is 238 g/mol. The number of hydrogen-bond donors (Lipinski definition) is 2. The lowest BCUT2D eigenvalue weighted by Crippen LogP contribution is -2.50. The van der Waals surface area contributed by atoms with E-state index in [1.807, 2.05) is 12.1 Å². The normalized spacial score (nSPS) is 28.1. The van der Waals surface area contributed by atoms with E-state index in [9.17, 15) is 9.90 Å². The highest BCUT2D eigenvalue weighted by Crippen LogP contribution is 2.31. The summed E-state index contributed by atoms with van der Waals surface area (Å²) in [4.78, 5) is 12.3. The molecule has 0 heterocycles. The Balaban J connectivity index is 1.69. The lowest BCUT2D eigenvalue weighted by molar-refractivity contribution is -0.129. The lowest BCUT2D eigenvalue weighted by Gasteiger charge is -2.28. The molecule has 2 atom stereocenters. The molecule has 3 rings (SSSR count). The van der Waals surface area contributed by atoms with Crippen LogP contribution in [0.25, 0.3) is 0 Å². The fourth-order valence-corrected chi connectivity index (χ4v) is 3.53. The molecule has 0 spiro atoms. The van der Waals surface area contributed by atoms with E-state index in [2.05, 4.69) is 24.4 Å². The number of fused-ring (bicyclic) bond motifs is 1. The van der Waals surface area contributed by atoms with E-state index in [0.717, 1.165) is 32.1 Å². The minimum Gasteiger partial charge on any atom is -0.392 e. The maximum atomic E-state index is 12.3. The average molecular weight is 259 g/mol. The summed E-state index contributed by atoms with van der Waals surface area (Å²) in [6, 6.07) is 8.37. The van der Waals surface area contributed by atoms with Gasteiger partial charge >= 0.3 is 0 Å². The Kier molecular flexibility index (Phi) is 3.09. The minimum atomic E-state index is -0.452. The van der Waals surface area contributed by atoms with E-state index in [0.29, 0.717) is 0 Å². The van der Waals surface area contributed by atoms with Crippen LogP contribution in [0.1, 0.15) is 37.3 Å². The number of benzene rings is 1. The first-order valence-corrected chi connectivity index (χ1v) is 7.14. The first kappa shape index (κ1) is 12.7. The molecule has 2 aliphatic rings. The zero-order valence-electron chi connectivity index (χ0n) is 11.4. The smallest absolute Gasteiger partial charge is 0.226 e. The van der Waals surface area contributed by atoms with Crippen LogP contribution < -0.4 is 5.32 Å². The van der Waals surface area contributed by atoms with Gasteiger partial charge in [0.15, 0.2) is 0 Å². The number of aliphatic hydroxyl groups excluding tert-OH is 1. The minimum absolute atomic E-state index is 0.0281. The van der Waals surface area contributed by atoms with E-state index in [1.165, 1.54) is 11.1 Å². The van der Waals surface area contributed by atoms with Crippen LogP contribution in [-0.2, 0) is 17.6 Å². The fourth-order valence-electron chi connectivity index (χ4n) is 3.53. The molecule has 102 valence electrons. The van der Waals surface area contributed by atoms with Crippen LogP contribution in [0.3, 0.4) is 0 Å². The highest BCUT2D eigenvalue weighted by atomic mass is 16.3. The molecule has 19 heavy (non-hydrogen) atoms. The number of aliphatic hydroxyl groups is 1. The van der Waals surface area contributed by atoms with E-state index < -0.39 is 6.10 Å². The molecule has 0 saturated heterocycles.